The van der Waals surface area contributed by atoms with Crippen LogP contribution in [0.3, 0.4) is 0 Å². The number of carbonyl (C=O) groups excluding carboxylic acids is 2. The molecule has 0 aromatic carbocycles. The third-order valence-corrected chi connectivity index (χ3v) is 1.54. The summed E-state index contributed by atoms with van der Waals surface area (Å²) in [5.41, 5.74) is 0. The molecule has 0 atom stereocenters. The summed E-state index contributed by atoms with van der Waals surface area (Å²) in [6.45, 7) is 1.52. The minimum Gasteiger partial charge on any atom is -0.300 e. The lowest BCUT2D eigenvalue weighted by molar-refractivity contribution is -0.168. The van der Waals surface area contributed by atoms with Gasteiger partial charge in [0.15, 0.2) is 0 Å². The van der Waals surface area contributed by atoms with Crippen molar-refractivity contribution in [3.05, 3.63) is 0 Å². The molecule has 0 N–H and O–H groups in total. The zero-order valence-electron chi connectivity index (χ0n) is 7.79. The summed E-state index contributed by atoms with van der Waals surface area (Å²) in [5.74, 6) is 0.0154. The minimum absolute atomic E-state index is 0.0984. The van der Waals surface area contributed by atoms with E-state index in [2.05, 4.69) is 4.84 Å². The van der Waals surface area contributed by atoms with Crippen LogP contribution in [0.15, 0.2) is 0 Å². The van der Waals surface area contributed by atoms with E-state index in [1.54, 1.807) is 7.05 Å². The highest BCUT2D eigenvalue weighted by molar-refractivity contribution is 5.78. The van der Waals surface area contributed by atoms with Gasteiger partial charge in [-0.1, -0.05) is 0 Å². The van der Waals surface area contributed by atoms with Crippen LogP contribution in [0.25, 0.3) is 0 Å². The summed E-state index contributed by atoms with van der Waals surface area (Å²) in [4.78, 5) is 26.2. The zero-order chi connectivity index (χ0) is 9.56. The van der Waals surface area contributed by atoms with Crippen molar-refractivity contribution in [2.75, 3.05) is 14.2 Å². The lowest BCUT2D eigenvalue weighted by Gasteiger charge is -2.12. The van der Waals surface area contributed by atoms with Gasteiger partial charge < -0.3 is 4.79 Å². The van der Waals surface area contributed by atoms with Gasteiger partial charge in [-0.3, -0.25) is 9.63 Å². The van der Waals surface area contributed by atoms with Gasteiger partial charge in [-0.2, -0.15) is 0 Å². The second kappa shape index (κ2) is 5.71. The van der Waals surface area contributed by atoms with E-state index in [1.165, 1.54) is 19.1 Å². The van der Waals surface area contributed by atoms with E-state index in [1.807, 2.05) is 0 Å². The second-order valence-electron chi connectivity index (χ2n) is 2.63. The van der Waals surface area contributed by atoms with E-state index in [-0.39, 0.29) is 11.7 Å². The molecule has 0 aliphatic carbocycles. The summed E-state index contributed by atoms with van der Waals surface area (Å²) in [5, 5.41) is 1.17. The Morgan fingerprint density at radius 1 is 1.33 bits per heavy atom. The summed E-state index contributed by atoms with van der Waals surface area (Å²) < 4.78 is 0. The third kappa shape index (κ3) is 4.85. The van der Waals surface area contributed by atoms with Crippen molar-refractivity contribution in [2.45, 2.75) is 26.2 Å². The van der Waals surface area contributed by atoms with Crippen LogP contribution >= 0.6 is 0 Å². The van der Waals surface area contributed by atoms with E-state index in [0.29, 0.717) is 19.3 Å². The molecule has 4 heteroatoms. The van der Waals surface area contributed by atoms with Crippen LogP contribution in [-0.4, -0.2) is 30.9 Å². The molecule has 0 aliphatic heterocycles. The van der Waals surface area contributed by atoms with Crippen molar-refractivity contribution in [3.8, 4) is 0 Å². The molecule has 4 nitrogen and oxygen atoms in total. The van der Waals surface area contributed by atoms with Crippen molar-refractivity contribution in [1.29, 1.82) is 0 Å². The summed E-state index contributed by atoms with van der Waals surface area (Å²) in [6, 6.07) is 0. The molecule has 0 saturated carbocycles. The fraction of sp³-hybridized carbons (Fsp3) is 0.750. The van der Waals surface area contributed by atoms with Gasteiger partial charge in [0.2, 0.25) is 5.91 Å². The molecule has 70 valence electrons. The van der Waals surface area contributed by atoms with Crippen LogP contribution < -0.4 is 0 Å². The first-order valence-electron chi connectivity index (χ1n) is 3.88. The van der Waals surface area contributed by atoms with Crippen LogP contribution in [0.1, 0.15) is 26.2 Å². The Kier molecular flexibility index (Phi) is 5.28. The molecule has 0 saturated heterocycles. The highest BCUT2D eigenvalue weighted by Crippen LogP contribution is 1.99. The molecule has 0 radical (unpaired) electrons. The van der Waals surface area contributed by atoms with E-state index in [0.717, 1.165) is 0 Å². The number of ketones is 1. The topological polar surface area (TPSA) is 46.6 Å². The molecular formula is C8H15NO3. The van der Waals surface area contributed by atoms with Crippen LogP contribution in [0.2, 0.25) is 0 Å². The smallest absolute Gasteiger partial charge is 0.245 e. The molecule has 12 heavy (non-hydrogen) atoms. The molecule has 0 unspecified atom stereocenters. The zero-order valence-corrected chi connectivity index (χ0v) is 7.79. The lowest BCUT2D eigenvalue weighted by Crippen LogP contribution is -2.25. The van der Waals surface area contributed by atoms with E-state index >= 15 is 0 Å². The summed E-state index contributed by atoms with van der Waals surface area (Å²) in [7, 11) is 2.99. The van der Waals surface area contributed by atoms with Gasteiger partial charge in [-0.15, -0.1) is 0 Å². The molecular weight excluding hydrogens is 158 g/mol. The van der Waals surface area contributed by atoms with E-state index in [4.69, 9.17) is 0 Å². The highest BCUT2D eigenvalue weighted by Gasteiger charge is 2.07. The molecule has 1 amide bonds. The Labute approximate surface area is 72.4 Å². The van der Waals surface area contributed by atoms with Crippen molar-refractivity contribution in [1.82, 2.24) is 5.06 Å². The molecule has 0 spiro atoms. The van der Waals surface area contributed by atoms with Gasteiger partial charge >= 0.3 is 0 Å². The van der Waals surface area contributed by atoms with Crippen LogP contribution in [-0.2, 0) is 14.4 Å². The molecule has 0 rings (SSSR count). The fourth-order valence-corrected chi connectivity index (χ4v) is 0.748. The Hall–Kier alpha value is -0.900. The SMILES string of the molecule is CON(C)C(=O)CCCC(C)=O. The van der Waals surface area contributed by atoms with Crippen LogP contribution in [0, 0.1) is 0 Å². The predicted octanol–water partition coefficient (Wildman–Crippen LogP) is 0.765. The number of hydrogen-bond acceptors (Lipinski definition) is 3. The quantitative estimate of drug-likeness (QED) is 0.577. The van der Waals surface area contributed by atoms with Gasteiger partial charge in [0, 0.05) is 19.9 Å². The Morgan fingerprint density at radius 3 is 2.33 bits per heavy atom. The standard InChI is InChI=1S/C8H15NO3/c1-7(10)5-4-6-8(11)9(2)12-3/h4-6H2,1-3H3. The molecule has 0 aromatic heterocycles. The first kappa shape index (κ1) is 11.1. The molecule has 0 heterocycles. The lowest BCUT2D eigenvalue weighted by atomic mass is 10.2. The van der Waals surface area contributed by atoms with Gasteiger partial charge in [-0.25, -0.2) is 5.06 Å². The van der Waals surface area contributed by atoms with Gasteiger partial charge in [0.05, 0.1) is 7.11 Å². The highest BCUT2D eigenvalue weighted by atomic mass is 16.7. The van der Waals surface area contributed by atoms with Crippen LogP contribution in [0.5, 0.6) is 0 Å². The first-order valence-corrected chi connectivity index (χ1v) is 3.88. The minimum atomic E-state index is -0.0984. The van der Waals surface area contributed by atoms with Crippen molar-refractivity contribution >= 4 is 11.7 Å². The van der Waals surface area contributed by atoms with Gasteiger partial charge in [0.25, 0.3) is 0 Å². The molecule has 0 fully saturated rings. The first-order chi connectivity index (χ1) is 5.57. The second-order valence-corrected chi connectivity index (χ2v) is 2.63. The summed E-state index contributed by atoms with van der Waals surface area (Å²) >= 11 is 0. The van der Waals surface area contributed by atoms with Crippen molar-refractivity contribution in [2.24, 2.45) is 0 Å². The number of nitrogens with zero attached hydrogens (tertiary/aromatic N) is 1. The predicted molar refractivity (Wildman–Crippen MR) is 44.3 cm³/mol. The number of amides is 1. The Morgan fingerprint density at radius 2 is 1.92 bits per heavy atom. The maximum atomic E-state index is 11.0. The fourth-order valence-electron chi connectivity index (χ4n) is 0.748. The number of hydroxylamine groups is 2. The van der Waals surface area contributed by atoms with Gasteiger partial charge in [0.1, 0.15) is 5.78 Å². The molecule has 0 aliphatic rings. The number of carbonyl (C=O) groups is 2. The average molecular weight is 173 g/mol. The average Bonchev–Trinajstić information content (AvgIpc) is 2.02. The monoisotopic (exact) mass is 173 g/mol. The molecule has 0 aromatic rings. The maximum Gasteiger partial charge on any atom is 0.245 e. The Balaban J connectivity index is 3.50. The maximum absolute atomic E-state index is 11.0. The van der Waals surface area contributed by atoms with E-state index in [9.17, 15) is 9.59 Å². The Bertz CT molecular complexity index is 168. The third-order valence-electron chi connectivity index (χ3n) is 1.54. The van der Waals surface area contributed by atoms with Crippen molar-refractivity contribution < 1.29 is 14.4 Å². The van der Waals surface area contributed by atoms with Crippen molar-refractivity contribution in [3.63, 3.8) is 0 Å². The number of rotatable bonds is 5. The summed E-state index contributed by atoms with van der Waals surface area (Å²) in [6.07, 6.45) is 1.43. The normalized spacial score (nSPS) is 9.58. The number of Topliss-reactive ketones (excluding diaryl/α,β-unsaturated/α-hetero) is 1. The van der Waals surface area contributed by atoms with Crippen LogP contribution in [0.4, 0.5) is 0 Å². The number of hydrogen-bond donors (Lipinski definition) is 0. The van der Waals surface area contributed by atoms with E-state index < -0.39 is 0 Å². The largest absolute Gasteiger partial charge is 0.300 e. The molecule has 0 bridgehead atoms. The van der Waals surface area contributed by atoms with Gasteiger partial charge in [-0.05, 0) is 13.3 Å².